The normalized spacial score (nSPS) is 14.6. The first-order valence-electron chi connectivity index (χ1n) is 10.4. The van der Waals surface area contributed by atoms with Crippen LogP contribution in [0, 0.1) is 0 Å². The highest BCUT2D eigenvalue weighted by atomic mass is 19.4. The summed E-state index contributed by atoms with van der Waals surface area (Å²) < 4.78 is 47.3. The maximum Gasteiger partial charge on any atom is 0.422 e. The highest BCUT2D eigenvalue weighted by Crippen LogP contribution is 2.26. The smallest absolute Gasteiger partial charge is 0.422 e. The Bertz CT molecular complexity index is 1070. The Morgan fingerprint density at radius 2 is 1.76 bits per heavy atom. The largest absolute Gasteiger partial charge is 0.484 e. The molecule has 34 heavy (non-hydrogen) atoms. The molecule has 0 radical (unpaired) electrons. The van der Waals surface area contributed by atoms with Gasteiger partial charge in [0.25, 0.3) is 5.95 Å². The number of ether oxygens (including phenoxy) is 2. The molecule has 3 aromatic rings. The molecular weight excluding hydrogens is 455 g/mol. The summed E-state index contributed by atoms with van der Waals surface area (Å²) in [4.78, 5) is 16.2. The van der Waals surface area contributed by atoms with Gasteiger partial charge in [0.05, 0.1) is 0 Å². The van der Waals surface area contributed by atoms with Crippen molar-refractivity contribution in [2.24, 2.45) is 0 Å². The number of hydrogen-bond acceptors (Lipinski definition) is 7. The molecule has 1 aliphatic heterocycles. The first-order valence-corrected chi connectivity index (χ1v) is 10.4. The number of carbonyl (C=O) groups excluding carboxylic acids is 1. The van der Waals surface area contributed by atoms with Gasteiger partial charge in [-0.2, -0.15) is 18.4 Å². The van der Waals surface area contributed by atoms with Crippen LogP contribution >= 0.6 is 0 Å². The van der Waals surface area contributed by atoms with Crippen LogP contribution in [0.4, 0.5) is 23.9 Å². The van der Waals surface area contributed by atoms with Crippen LogP contribution in [0.1, 0.15) is 5.56 Å². The van der Waals surface area contributed by atoms with Gasteiger partial charge in [-0.1, -0.05) is 17.2 Å². The third-order valence-corrected chi connectivity index (χ3v) is 4.99. The molecule has 2 N–H and O–H groups in total. The molecule has 0 saturated carbocycles. The molecule has 0 spiro atoms. The maximum absolute atomic E-state index is 12.3. The van der Waals surface area contributed by atoms with Crippen molar-refractivity contribution in [2.75, 3.05) is 38.1 Å². The van der Waals surface area contributed by atoms with E-state index in [0.29, 0.717) is 44.2 Å². The summed E-state index contributed by atoms with van der Waals surface area (Å²) in [6.45, 7) is 1.86. The molecule has 2 heterocycles. The van der Waals surface area contributed by atoms with Crippen molar-refractivity contribution < 1.29 is 27.4 Å². The van der Waals surface area contributed by atoms with E-state index in [1.54, 1.807) is 23.1 Å². The first-order chi connectivity index (χ1) is 16.3. The molecule has 0 unspecified atom stereocenters. The molecule has 2 amide bonds. The first kappa shape index (κ1) is 23.3. The Kier molecular flexibility index (Phi) is 7.11. The summed E-state index contributed by atoms with van der Waals surface area (Å²) >= 11 is 0. The van der Waals surface area contributed by atoms with Crippen molar-refractivity contribution in [1.82, 2.24) is 30.4 Å². The highest BCUT2D eigenvalue weighted by Gasteiger charge is 2.28. The molecule has 1 saturated heterocycles. The number of aromatic amines is 1. The van der Waals surface area contributed by atoms with E-state index in [-0.39, 0.29) is 17.7 Å². The Hall–Kier alpha value is -3.87. The summed E-state index contributed by atoms with van der Waals surface area (Å²) in [5.74, 6) is 1.34. The van der Waals surface area contributed by atoms with Crippen molar-refractivity contribution >= 4 is 12.0 Å². The van der Waals surface area contributed by atoms with Crippen LogP contribution in [0.2, 0.25) is 0 Å². The number of anilines is 1. The highest BCUT2D eigenvalue weighted by molar-refractivity contribution is 5.87. The van der Waals surface area contributed by atoms with E-state index < -0.39 is 12.8 Å². The van der Waals surface area contributed by atoms with Crippen molar-refractivity contribution in [2.45, 2.75) is 12.7 Å². The minimum atomic E-state index is -4.38. The number of nitrogens with one attached hydrogen (secondary N) is 2. The number of H-pyrrole nitrogens is 1. The lowest BCUT2D eigenvalue weighted by molar-refractivity contribution is -0.153. The zero-order valence-corrected chi connectivity index (χ0v) is 18.0. The number of benzene rings is 2. The molecule has 0 bridgehead atoms. The van der Waals surface area contributed by atoms with Gasteiger partial charge in [0, 0.05) is 32.7 Å². The third-order valence-electron chi connectivity index (χ3n) is 4.99. The number of nitrogens with zero attached hydrogens (tertiary/aromatic N) is 5. The predicted molar refractivity (Wildman–Crippen MR) is 115 cm³/mol. The van der Waals surface area contributed by atoms with Gasteiger partial charge in [-0.05, 0) is 47.2 Å². The van der Waals surface area contributed by atoms with Crippen molar-refractivity contribution in [3.63, 3.8) is 0 Å². The summed E-state index contributed by atoms with van der Waals surface area (Å²) in [7, 11) is 0. The monoisotopic (exact) mass is 477 g/mol. The second-order valence-corrected chi connectivity index (χ2v) is 7.55. The number of rotatable bonds is 7. The van der Waals surface area contributed by atoms with Crippen LogP contribution < -0.4 is 14.8 Å². The van der Waals surface area contributed by atoms with E-state index >= 15 is 0 Å². The van der Waals surface area contributed by atoms with Gasteiger partial charge in [0.1, 0.15) is 17.2 Å². The standard InChI is InChI=1S/C21H22F3N7O3/c22-21(23,24)14-33-16-4-6-17(7-5-16)34-18-3-1-2-15(12-18)13-30-8-10-31(11-9-30)20(32)25-19-26-28-29-27-19/h1-7,12H,8-11,13-14H2,(H2,25,26,27,28,29,32). The molecule has 1 aromatic heterocycles. The molecule has 2 aromatic carbocycles. The number of halogens is 3. The Balaban J connectivity index is 1.26. The summed E-state index contributed by atoms with van der Waals surface area (Å²) in [6, 6.07) is 13.3. The molecule has 10 nitrogen and oxygen atoms in total. The molecule has 1 aliphatic rings. The van der Waals surface area contributed by atoms with E-state index in [1.165, 1.54) is 12.1 Å². The zero-order valence-electron chi connectivity index (χ0n) is 18.0. The molecule has 13 heteroatoms. The molecule has 1 fully saturated rings. The fraction of sp³-hybridized carbons (Fsp3) is 0.333. The Labute approximate surface area is 192 Å². The van der Waals surface area contributed by atoms with E-state index in [4.69, 9.17) is 9.47 Å². The molecular formula is C21H22F3N7O3. The quantitative estimate of drug-likeness (QED) is 0.538. The molecule has 180 valence electrons. The lowest BCUT2D eigenvalue weighted by Gasteiger charge is -2.34. The lowest BCUT2D eigenvalue weighted by Crippen LogP contribution is -2.49. The predicted octanol–water partition coefficient (Wildman–Crippen LogP) is 3.28. The fourth-order valence-electron chi connectivity index (χ4n) is 3.37. The number of carbonyl (C=O) groups is 1. The van der Waals surface area contributed by atoms with Gasteiger partial charge in [-0.25, -0.2) is 4.79 Å². The van der Waals surface area contributed by atoms with Gasteiger partial charge < -0.3 is 14.4 Å². The van der Waals surface area contributed by atoms with Crippen LogP contribution in [0.25, 0.3) is 0 Å². The molecule has 4 rings (SSSR count). The van der Waals surface area contributed by atoms with E-state index in [1.807, 2.05) is 18.2 Å². The van der Waals surface area contributed by atoms with Crippen LogP contribution in [0.15, 0.2) is 48.5 Å². The SMILES string of the molecule is O=C(Nc1nn[nH]n1)N1CCN(Cc2cccc(Oc3ccc(OCC(F)(F)F)cc3)c2)CC1. The minimum absolute atomic E-state index is 0.114. The lowest BCUT2D eigenvalue weighted by atomic mass is 10.2. The number of alkyl halides is 3. The van der Waals surface area contributed by atoms with E-state index in [2.05, 4.69) is 30.8 Å². The minimum Gasteiger partial charge on any atom is -0.484 e. The topological polar surface area (TPSA) is 108 Å². The van der Waals surface area contributed by atoms with Gasteiger partial charge >= 0.3 is 12.2 Å². The average molecular weight is 477 g/mol. The Morgan fingerprint density at radius 1 is 1.03 bits per heavy atom. The second kappa shape index (κ2) is 10.4. The number of urea groups is 1. The van der Waals surface area contributed by atoms with Crippen LogP contribution in [0.3, 0.4) is 0 Å². The fourth-order valence-corrected chi connectivity index (χ4v) is 3.37. The van der Waals surface area contributed by atoms with Gasteiger partial charge in [-0.3, -0.25) is 10.2 Å². The van der Waals surface area contributed by atoms with E-state index in [0.717, 1.165) is 5.56 Å². The zero-order chi connectivity index (χ0) is 24.0. The number of piperazine rings is 1. The van der Waals surface area contributed by atoms with Crippen LogP contribution in [0.5, 0.6) is 17.2 Å². The van der Waals surface area contributed by atoms with Gasteiger partial charge in [0.15, 0.2) is 6.61 Å². The van der Waals surface area contributed by atoms with Crippen molar-refractivity contribution in [3.05, 3.63) is 54.1 Å². The summed E-state index contributed by atoms with van der Waals surface area (Å²) in [5, 5.41) is 15.7. The van der Waals surface area contributed by atoms with Crippen LogP contribution in [-0.2, 0) is 6.54 Å². The number of aromatic nitrogens is 4. The van der Waals surface area contributed by atoms with Gasteiger partial charge in [0.2, 0.25) is 0 Å². The number of amides is 2. The van der Waals surface area contributed by atoms with Crippen molar-refractivity contribution in [1.29, 1.82) is 0 Å². The Morgan fingerprint density at radius 3 is 2.44 bits per heavy atom. The summed E-state index contributed by atoms with van der Waals surface area (Å²) in [6.07, 6.45) is -4.38. The third kappa shape index (κ3) is 6.81. The maximum atomic E-state index is 12.3. The summed E-state index contributed by atoms with van der Waals surface area (Å²) in [5.41, 5.74) is 1.03. The molecule has 0 atom stereocenters. The second-order valence-electron chi connectivity index (χ2n) is 7.55. The number of tetrazole rings is 1. The average Bonchev–Trinajstić information content (AvgIpc) is 3.32. The van der Waals surface area contributed by atoms with E-state index in [9.17, 15) is 18.0 Å². The molecule has 0 aliphatic carbocycles. The number of hydrogen-bond donors (Lipinski definition) is 2. The van der Waals surface area contributed by atoms with Crippen molar-refractivity contribution in [3.8, 4) is 17.2 Å². The van der Waals surface area contributed by atoms with Gasteiger partial charge in [-0.15, -0.1) is 5.10 Å². The van der Waals surface area contributed by atoms with Crippen LogP contribution in [-0.4, -0.2) is 75.4 Å².